The molecule has 2 saturated heterocycles. The molecule has 2 rings (SSSR count). The lowest BCUT2D eigenvalue weighted by atomic mass is 9.97. The van der Waals surface area contributed by atoms with Crippen molar-refractivity contribution in [2.75, 3.05) is 19.8 Å². The molecule has 14 nitrogen and oxygen atoms in total. The van der Waals surface area contributed by atoms with Crippen LogP contribution in [0.15, 0.2) is 12.2 Å². The van der Waals surface area contributed by atoms with Gasteiger partial charge in [0.15, 0.2) is 12.6 Å². The Morgan fingerprint density at radius 1 is 0.467 bits per heavy atom. The van der Waals surface area contributed by atoms with E-state index >= 15 is 0 Å². The minimum Gasteiger partial charge on any atom is -0.394 e. The van der Waals surface area contributed by atoms with Crippen LogP contribution in [0.1, 0.15) is 277 Å². The molecule has 12 unspecified atom stereocenters. The Balaban J connectivity index is 1.60. The van der Waals surface area contributed by atoms with E-state index in [4.69, 9.17) is 18.9 Å². The van der Waals surface area contributed by atoms with Gasteiger partial charge in [-0.15, -0.1) is 0 Å². The second-order valence-electron chi connectivity index (χ2n) is 22.6. The van der Waals surface area contributed by atoms with Crippen molar-refractivity contribution in [1.29, 1.82) is 0 Å². The van der Waals surface area contributed by atoms with Gasteiger partial charge in [0.05, 0.1) is 32.0 Å². The van der Waals surface area contributed by atoms with Gasteiger partial charge in [0, 0.05) is 6.42 Å². The lowest BCUT2D eigenvalue weighted by molar-refractivity contribution is -0.359. The molecule has 0 spiro atoms. The predicted molar refractivity (Wildman–Crippen MR) is 300 cm³/mol. The predicted octanol–water partition coefficient (Wildman–Crippen LogP) is 11.1. The summed E-state index contributed by atoms with van der Waals surface area (Å²) >= 11 is 0. The molecule has 12 atom stereocenters. The molecular formula is C61H117NO13. The van der Waals surface area contributed by atoms with Gasteiger partial charge < -0.3 is 65.1 Å². The van der Waals surface area contributed by atoms with Crippen LogP contribution in [0.25, 0.3) is 0 Å². The normalized spacial score (nSPS) is 25.0. The fourth-order valence-electron chi connectivity index (χ4n) is 10.6. The van der Waals surface area contributed by atoms with Crippen LogP contribution in [0.5, 0.6) is 0 Å². The van der Waals surface area contributed by atoms with Crippen LogP contribution >= 0.6 is 0 Å². The van der Waals surface area contributed by atoms with E-state index in [1.54, 1.807) is 6.08 Å². The summed E-state index contributed by atoms with van der Waals surface area (Å²) in [6, 6.07) is -0.908. The second-order valence-corrected chi connectivity index (χ2v) is 22.6. The summed E-state index contributed by atoms with van der Waals surface area (Å²) < 4.78 is 22.7. The molecule has 75 heavy (non-hydrogen) atoms. The Kier molecular flexibility index (Phi) is 44.3. The zero-order chi connectivity index (χ0) is 54.6. The highest BCUT2D eigenvalue weighted by Gasteiger charge is 2.51. The van der Waals surface area contributed by atoms with Crippen LogP contribution in [0, 0.1) is 0 Å². The van der Waals surface area contributed by atoms with E-state index in [2.05, 4.69) is 19.2 Å². The molecule has 2 aliphatic rings. The van der Waals surface area contributed by atoms with E-state index in [9.17, 15) is 45.6 Å². The largest absolute Gasteiger partial charge is 0.394 e. The number of hydrogen-bond donors (Lipinski definition) is 9. The van der Waals surface area contributed by atoms with E-state index in [0.29, 0.717) is 6.42 Å². The SMILES string of the molecule is CCCCCCCCCC/C=C/C(O)C(COC1OC(CO)C(OC2OC(CO)C(O)C(O)C2O)C(O)C1O)NC(=O)CCCCCCCCCCCCCCCCCCCCCCCCCCCCCCCCC. The zero-order valence-corrected chi connectivity index (χ0v) is 47.8. The van der Waals surface area contributed by atoms with Gasteiger partial charge in [0.1, 0.15) is 48.8 Å². The smallest absolute Gasteiger partial charge is 0.220 e. The molecular weight excluding hydrogens is 955 g/mol. The van der Waals surface area contributed by atoms with Crippen LogP contribution in [0.4, 0.5) is 0 Å². The number of nitrogens with one attached hydrogen (secondary N) is 1. The van der Waals surface area contributed by atoms with Crippen molar-refractivity contribution in [2.45, 2.75) is 351 Å². The highest BCUT2D eigenvalue weighted by molar-refractivity contribution is 5.76. The van der Waals surface area contributed by atoms with Crippen LogP contribution in [-0.4, -0.2) is 140 Å². The van der Waals surface area contributed by atoms with Crippen molar-refractivity contribution in [3.05, 3.63) is 12.2 Å². The van der Waals surface area contributed by atoms with Crippen molar-refractivity contribution in [2.24, 2.45) is 0 Å². The highest BCUT2D eigenvalue weighted by atomic mass is 16.7. The molecule has 9 N–H and O–H groups in total. The van der Waals surface area contributed by atoms with Gasteiger partial charge in [-0.2, -0.15) is 0 Å². The van der Waals surface area contributed by atoms with Gasteiger partial charge in [-0.3, -0.25) is 4.79 Å². The number of ether oxygens (including phenoxy) is 4. The summed E-state index contributed by atoms with van der Waals surface area (Å²) in [7, 11) is 0. The third-order valence-corrected chi connectivity index (χ3v) is 15.7. The van der Waals surface area contributed by atoms with Crippen molar-refractivity contribution in [3.8, 4) is 0 Å². The first-order valence-electron chi connectivity index (χ1n) is 31.4. The molecule has 0 aromatic carbocycles. The van der Waals surface area contributed by atoms with E-state index in [1.807, 2.05) is 6.08 Å². The first-order chi connectivity index (χ1) is 36.6. The maximum absolute atomic E-state index is 13.2. The molecule has 14 heteroatoms. The average molecular weight is 1070 g/mol. The van der Waals surface area contributed by atoms with Crippen LogP contribution < -0.4 is 5.32 Å². The van der Waals surface area contributed by atoms with Crippen LogP contribution in [0.3, 0.4) is 0 Å². The minimum atomic E-state index is -1.78. The van der Waals surface area contributed by atoms with E-state index < -0.39 is 86.8 Å². The van der Waals surface area contributed by atoms with Crippen LogP contribution in [-0.2, 0) is 23.7 Å². The number of carbonyl (C=O) groups is 1. The first-order valence-corrected chi connectivity index (χ1v) is 31.4. The number of carbonyl (C=O) groups excluding carboxylic acids is 1. The summed E-state index contributed by atoms with van der Waals surface area (Å²) in [5, 5.41) is 86.9. The molecule has 0 aromatic rings. The number of unbranched alkanes of at least 4 members (excludes halogenated alkanes) is 38. The van der Waals surface area contributed by atoms with Gasteiger partial charge in [-0.05, 0) is 19.3 Å². The second kappa shape index (κ2) is 47.5. The molecule has 2 heterocycles. The van der Waals surface area contributed by atoms with Crippen molar-refractivity contribution < 1.29 is 64.6 Å². The summed E-state index contributed by atoms with van der Waals surface area (Å²) in [6.45, 7) is 2.80. The van der Waals surface area contributed by atoms with E-state index in [0.717, 1.165) is 38.5 Å². The molecule has 2 fully saturated rings. The minimum absolute atomic E-state index is 0.235. The van der Waals surface area contributed by atoms with E-state index in [1.165, 1.54) is 212 Å². The Morgan fingerprint density at radius 2 is 0.827 bits per heavy atom. The van der Waals surface area contributed by atoms with Gasteiger partial charge in [-0.25, -0.2) is 0 Å². The molecule has 0 bridgehead atoms. The number of aliphatic hydroxyl groups excluding tert-OH is 8. The van der Waals surface area contributed by atoms with Gasteiger partial charge in [0.25, 0.3) is 0 Å². The third kappa shape index (κ3) is 33.2. The third-order valence-electron chi connectivity index (χ3n) is 15.7. The monoisotopic (exact) mass is 1070 g/mol. The van der Waals surface area contributed by atoms with Crippen molar-refractivity contribution >= 4 is 5.91 Å². The lowest BCUT2D eigenvalue weighted by Crippen LogP contribution is -2.65. The molecule has 0 aliphatic carbocycles. The first kappa shape index (κ1) is 69.8. The number of allylic oxidation sites excluding steroid dienone is 1. The number of aliphatic hydroxyl groups is 8. The van der Waals surface area contributed by atoms with Crippen molar-refractivity contribution in [1.82, 2.24) is 5.32 Å². The maximum atomic E-state index is 13.2. The number of rotatable bonds is 51. The Labute approximate surface area is 456 Å². The molecule has 444 valence electrons. The maximum Gasteiger partial charge on any atom is 0.220 e. The number of amides is 1. The van der Waals surface area contributed by atoms with Gasteiger partial charge >= 0.3 is 0 Å². The fraction of sp³-hybridized carbons (Fsp3) is 0.951. The zero-order valence-electron chi connectivity index (χ0n) is 47.8. The molecule has 0 aromatic heterocycles. The summed E-state index contributed by atoms with van der Waals surface area (Å²) in [5.41, 5.74) is 0. The number of hydrogen-bond acceptors (Lipinski definition) is 13. The standard InChI is InChI=1S/C61H117NO13/c1-3-5-7-9-11-13-15-16-17-18-19-20-21-22-23-24-25-26-27-28-29-30-31-32-33-34-35-37-39-41-43-45-53(66)62-49(50(65)44-42-40-38-36-14-12-10-8-6-4-2)48-72-60-58(71)56(69)59(52(47-64)74-60)75-61-57(70)55(68)54(67)51(46-63)73-61/h42,44,49-52,54-61,63-65,67-71H,3-41,43,45-48H2,1-2H3,(H,62,66)/b44-42+. The highest BCUT2D eigenvalue weighted by Crippen LogP contribution is 2.30. The Bertz CT molecular complexity index is 1310. The molecule has 1 amide bonds. The molecule has 2 aliphatic heterocycles. The van der Waals surface area contributed by atoms with E-state index in [-0.39, 0.29) is 18.9 Å². The summed E-state index contributed by atoms with van der Waals surface area (Å²) in [6.07, 6.45) is 38.7. The average Bonchev–Trinajstić information content (AvgIpc) is 3.41. The van der Waals surface area contributed by atoms with Gasteiger partial charge in [0.2, 0.25) is 5.91 Å². The lowest BCUT2D eigenvalue weighted by Gasteiger charge is -2.46. The Morgan fingerprint density at radius 3 is 1.23 bits per heavy atom. The quantitative estimate of drug-likeness (QED) is 0.0204. The van der Waals surface area contributed by atoms with Crippen molar-refractivity contribution in [3.63, 3.8) is 0 Å². The molecule has 0 radical (unpaired) electrons. The van der Waals surface area contributed by atoms with Gasteiger partial charge in [-0.1, -0.05) is 264 Å². The fourth-order valence-corrected chi connectivity index (χ4v) is 10.6. The Hall–Kier alpha value is -1.27. The summed E-state index contributed by atoms with van der Waals surface area (Å²) in [5.74, 6) is -0.235. The van der Waals surface area contributed by atoms with Crippen LogP contribution in [0.2, 0.25) is 0 Å². The summed E-state index contributed by atoms with van der Waals surface area (Å²) in [4.78, 5) is 13.2. The molecule has 0 saturated carbocycles. The topological polar surface area (TPSA) is 228 Å².